The molecule has 0 radical (unpaired) electrons. The van der Waals surface area contributed by atoms with Crippen LogP contribution in [-0.4, -0.2) is 30.5 Å². The van der Waals surface area contributed by atoms with Gasteiger partial charge in [0.05, 0.1) is 13.0 Å². The number of halogens is 1. The Labute approximate surface area is 150 Å². The maximum atomic E-state index is 12.4. The number of benzene rings is 2. The standard InChI is InChI=1S/C19H24N2O2.ClH/c1-16-6-5-9-18(14-16)23-13-10-19(22)21(12-11-20)15-17-7-3-2-4-8-17;/h2-9,14H,10-13,15,20H2,1H3;1H. The third-order valence-electron chi connectivity index (χ3n) is 3.54. The third kappa shape index (κ3) is 6.60. The van der Waals surface area contributed by atoms with E-state index in [9.17, 15) is 4.79 Å². The van der Waals surface area contributed by atoms with Crippen LogP contribution < -0.4 is 10.5 Å². The van der Waals surface area contributed by atoms with Crippen molar-refractivity contribution in [1.29, 1.82) is 0 Å². The number of carbonyl (C=O) groups is 1. The average molecular weight is 349 g/mol. The Bertz CT molecular complexity index is 620. The molecule has 0 aliphatic heterocycles. The molecule has 0 fully saturated rings. The normalized spacial score (nSPS) is 9.92. The Morgan fingerprint density at radius 2 is 1.88 bits per heavy atom. The van der Waals surface area contributed by atoms with Crippen LogP contribution in [0.15, 0.2) is 54.6 Å². The lowest BCUT2D eigenvalue weighted by molar-refractivity contribution is -0.132. The molecule has 0 spiro atoms. The van der Waals surface area contributed by atoms with E-state index in [2.05, 4.69) is 0 Å². The molecule has 0 atom stereocenters. The highest BCUT2D eigenvalue weighted by Crippen LogP contribution is 2.13. The number of nitrogens with zero attached hydrogens (tertiary/aromatic N) is 1. The molecule has 0 saturated heterocycles. The zero-order chi connectivity index (χ0) is 16.5. The van der Waals surface area contributed by atoms with Gasteiger partial charge in [-0.15, -0.1) is 12.4 Å². The van der Waals surface area contributed by atoms with Gasteiger partial charge in [0, 0.05) is 19.6 Å². The molecule has 0 saturated carbocycles. The molecule has 2 rings (SSSR count). The maximum absolute atomic E-state index is 12.4. The van der Waals surface area contributed by atoms with E-state index in [1.54, 1.807) is 4.90 Å². The first-order valence-electron chi connectivity index (χ1n) is 7.90. The maximum Gasteiger partial charge on any atom is 0.226 e. The molecule has 2 aromatic carbocycles. The van der Waals surface area contributed by atoms with E-state index >= 15 is 0 Å². The summed E-state index contributed by atoms with van der Waals surface area (Å²) in [6.07, 6.45) is 0.348. The minimum absolute atomic E-state index is 0. The van der Waals surface area contributed by atoms with E-state index in [4.69, 9.17) is 10.5 Å². The fourth-order valence-electron chi connectivity index (χ4n) is 2.37. The molecule has 2 N–H and O–H groups in total. The molecule has 0 aliphatic rings. The Morgan fingerprint density at radius 1 is 1.12 bits per heavy atom. The first-order chi connectivity index (χ1) is 11.2. The quantitative estimate of drug-likeness (QED) is 0.797. The predicted molar refractivity (Wildman–Crippen MR) is 99.5 cm³/mol. The molecule has 1 amide bonds. The second-order valence-corrected chi connectivity index (χ2v) is 5.50. The topological polar surface area (TPSA) is 55.6 Å². The molecule has 4 nitrogen and oxygen atoms in total. The fourth-order valence-corrected chi connectivity index (χ4v) is 2.37. The van der Waals surface area contributed by atoms with E-state index in [-0.39, 0.29) is 18.3 Å². The summed E-state index contributed by atoms with van der Waals surface area (Å²) in [7, 11) is 0. The van der Waals surface area contributed by atoms with E-state index in [1.807, 2.05) is 61.5 Å². The largest absolute Gasteiger partial charge is 0.493 e. The summed E-state index contributed by atoms with van der Waals surface area (Å²) >= 11 is 0. The molecule has 130 valence electrons. The van der Waals surface area contributed by atoms with Gasteiger partial charge in [-0.05, 0) is 30.2 Å². The lowest BCUT2D eigenvalue weighted by atomic mass is 10.2. The van der Waals surface area contributed by atoms with Crippen molar-refractivity contribution in [2.75, 3.05) is 19.7 Å². The number of hydrogen-bond acceptors (Lipinski definition) is 3. The predicted octanol–water partition coefficient (Wildman–Crippen LogP) is 3.17. The highest BCUT2D eigenvalue weighted by Gasteiger charge is 2.13. The van der Waals surface area contributed by atoms with E-state index in [0.29, 0.717) is 32.7 Å². The van der Waals surface area contributed by atoms with Crippen molar-refractivity contribution in [2.24, 2.45) is 5.73 Å². The second-order valence-electron chi connectivity index (χ2n) is 5.50. The van der Waals surface area contributed by atoms with Gasteiger partial charge in [0.15, 0.2) is 0 Å². The third-order valence-corrected chi connectivity index (χ3v) is 3.54. The van der Waals surface area contributed by atoms with Crippen molar-refractivity contribution in [3.05, 3.63) is 65.7 Å². The van der Waals surface area contributed by atoms with Crippen LogP contribution in [-0.2, 0) is 11.3 Å². The second kappa shape index (κ2) is 10.7. The van der Waals surface area contributed by atoms with Crippen LogP contribution in [0.25, 0.3) is 0 Å². The first kappa shape index (κ1) is 20.0. The van der Waals surface area contributed by atoms with Crippen molar-refractivity contribution in [3.8, 4) is 5.75 Å². The van der Waals surface area contributed by atoms with Gasteiger partial charge >= 0.3 is 0 Å². The molecule has 2 aromatic rings. The number of nitrogens with two attached hydrogens (primary N) is 1. The summed E-state index contributed by atoms with van der Waals surface area (Å²) in [6.45, 7) is 3.98. The summed E-state index contributed by atoms with van der Waals surface area (Å²) in [5.41, 5.74) is 7.88. The van der Waals surface area contributed by atoms with E-state index in [0.717, 1.165) is 16.9 Å². The minimum atomic E-state index is 0. The van der Waals surface area contributed by atoms with Crippen LogP contribution in [0, 0.1) is 6.92 Å². The van der Waals surface area contributed by atoms with Gasteiger partial charge in [-0.2, -0.15) is 0 Å². The Morgan fingerprint density at radius 3 is 2.54 bits per heavy atom. The van der Waals surface area contributed by atoms with Crippen LogP contribution in [0.1, 0.15) is 17.5 Å². The zero-order valence-electron chi connectivity index (χ0n) is 14.0. The van der Waals surface area contributed by atoms with Gasteiger partial charge in [0.1, 0.15) is 5.75 Å². The highest BCUT2D eigenvalue weighted by atomic mass is 35.5. The summed E-state index contributed by atoms with van der Waals surface area (Å²) in [5.74, 6) is 0.859. The SMILES string of the molecule is Cc1cccc(OCCC(=O)N(CCN)Cc2ccccc2)c1.Cl. The van der Waals surface area contributed by atoms with E-state index in [1.165, 1.54) is 0 Å². The zero-order valence-corrected chi connectivity index (χ0v) is 14.8. The Kier molecular flexibility index (Phi) is 8.90. The average Bonchev–Trinajstić information content (AvgIpc) is 2.55. The number of hydrogen-bond donors (Lipinski definition) is 1. The molecule has 0 aromatic heterocycles. The van der Waals surface area contributed by atoms with Crippen LogP contribution >= 0.6 is 12.4 Å². The lowest BCUT2D eigenvalue weighted by Crippen LogP contribution is -2.35. The molecule has 0 heterocycles. The fraction of sp³-hybridized carbons (Fsp3) is 0.316. The van der Waals surface area contributed by atoms with Crippen molar-refractivity contribution in [3.63, 3.8) is 0 Å². The minimum Gasteiger partial charge on any atom is -0.493 e. The summed E-state index contributed by atoms with van der Waals surface area (Å²) < 4.78 is 5.66. The van der Waals surface area contributed by atoms with Gasteiger partial charge in [-0.3, -0.25) is 4.79 Å². The van der Waals surface area contributed by atoms with Crippen LogP contribution in [0.2, 0.25) is 0 Å². The van der Waals surface area contributed by atoms with Gasteiger partial charge < -0.3 is 15.4 Å². The number of amides is 1. The first-order valence-corrected chi connectivity index (χ1v) is 7.90. The molecule has 5 heteroatoms. The lowest BCUT2D eigenvalue weighted by Gasteiger charge is -2.22. The number of ether oxygens (including phenoxy) is 1. The molecule has 24 heavy (non-hydrogen) atoms. The van der Waals surface area contributed by atoms with Gasteiger partial charge in [0.2, 0.25) is 5.91 Å². The smallest absolute Gasteiger partial charge is 0.226 e. The number of carbonyl (C=O) groups excluding carboxylic acids is 1. The highest BCUT2D eigenvalue weighted by molar-refractivity contribution is 5.85. The van der Waals surface area contributed by atoms with Crippen molar-refractivity contribution in [1.82, 2.24) is 4.90 Å². The van der Waals surface area contributed by atoms with Crippen LogP contribution in [0.5, 0.6) is 5.75 Å². The van der Waals surface area contributed by atoms with Crippen molar-refractivity contribution in [2.45, 2.75) is 19.9 Å². The monoisotopic (exact) mass is 348 g/mol. The Hall–Kier alpha value is -2.04. The summed E-state index contributed by atoms with van der Waals surface area (Å²) in [4.78, 5) is 14.2. The molecule has 0 unspecified atom stereocenters. The molecular weight excluding hydrogens is 324 g/mol. The number of rotatable bonds is 8. The van der Waals surface area contributed by atoms with Gasteiger partial charge in [0.25, 0.3) is 0 Å². The van der Waals surface area contributed by atoms with Crippen molar-refractivity contribution >= 4 is 18.3 Å². The van der Waals surface area contributed by atoms with E-state index < -0.39 is 0 Å². The van der Waals surface area contributed by atoms with Gasteiger partial charge in [-0.25, -0.2) is 0 Å². The van der Waals surface area contributed by atoms with Crippen LogP contribution in [0.4, 0.5) is 0 Å². The molecule has 0 bridgehead atoms. The summed E-state index contributed by atoms with van der Waals surface area (Å²) in [6, 6.07) is 17.8. The van der Waals surface area contributed by atoms with Crippen LogP contribution in [0.3, 0.4) is 0 Å². The number of aryl methyl sites for hydroxylation is 1. The molecular formula is C19H25ClN2O2. The van der Waals surface area contributed by atoms with Crippen molar-refractivity contribution < 1.29 is 9.53 Å². The Balaban J connectivity index is 0.00000288. The van der Waals surface area contributed by atoms with Gasteiger partial charge in [-0.1, -0.05) is 42.5 Å². The molecule has 0 aliphatic carbocycles. The summed E-state index contributed by atoms with van der Waals surface area (Å²) in [5, 5.41) is 0.